The van der Waals surface area contributed by atoms with Gasteiger partial charge in [0.05, 0.1) is 11.9 Å². The van der Waals surface area contributed by atoms with E-state index in [1.165, 1.54) is 16.8 Å². The van der Waals surface area contributed by atoms with E-state index in [9.17, 15) is 4.39 Å². The van der Waals surface area contributed by atoms with Crippen molar-refractivity contribution in [3.8, 4) is 11.4 Å². The molecule has 0 radical (unpaired) electrons. The summed E-state index contributed by atoms with van der Waals surface area (Å²) in [5.41, 5.74) is 2.82. The number of halogens is 2. The zero-order valence-electron chi connectivity index (χ0n) is 10.2. The lowest BCUT2D eigenvalue weighted by Crippen LogP contribution is -2.00. The van der Waals surface area contributed by atoms with Crippen LogP contribution in [0.4, 0.5) is 4.39 Å². The summed E-state index contributed by atoms with van der Waals surface area (Å²) >= 11 is 6.07. The molecular formula is C12H9ClFN5. The fraction of sp³-hybridized carbons (Fsp3) is 0.167. The number of nitrogens with zero attached hydrogens (tertiary/aromatic N) is 5. The Bertz CT molecular complexity index is 783. The van der Waals surface area contributed by atoms with E-state index in [0.29, 0.717) is 17.0 Å². The Labute approximate surface area is 113 Å². The van der Waals surface area contributed by atoms with Crippen molar-refractivity contribution in [1.29, 1.82) is 0 Å². The van der Waals surface area contributed by atoms with E-state index in [1.54, 1.807) is 0 Å². The molecule has 19 heavy (non-hydrogen) atoms. The first kappa shape index (κ1) is 12.0. The summed E-state index contributed by atoms with van der Waals surface area (Å²) in [5.74, 6) is -0.119. The SMILES string of the molecule is Cc1nn2c(Cl)nc(-c3cncc(F)c3)nc2c1C. The third-order valence-electron chi connectivity index (χ3n) is 2.88. The van der Waals surface area contributed by atoms with Gasteiger partial charge in [0.25, 0.3) is 0 Å². The minimum atomic E-state index is -0.446. The second-order valence-electron chi connectivity index (χ2n) is 4.15. The molecule has 0 N–H and O–H groups in total. The second kappa shape index (κ2) is 4.24. The molecule has 0 saturated carbocycles. The van der Waals surface area contributed by atoms with Crippen LogP contribution in [0.5, 0.6) is 0 Å². The summed E-state index contributed by atoms with van der Waals surface area (Å²) in [6, 6.07) is 1.31. The van der Waals surface area contributed by atoms with Crippen LogP contribution < -0.4 is 0 Å². The Morgan fingerprint density at radius 3 is 2.74 bits per heavy atom. The quantitative estimate of drug-likeness (QED) is 0.686. The highest BCUT2D eigenvalue weighted by Gasteiger charge is 2.13. The highest BCUT2D eigenvalue weighted by atomic mass is 35.5. The molecule has 3 rings (SSSR count). The molecule has 0 aliphatic heterocycles. The summed E-state index contributed by atoms with van der Waals surface area (Å²) in [6.07, 6.45) is 2.61. The number of aryl methyl sites for hydroxylation is 2. The maximum Gasteiger partial charge on any atom is 0.227 e. The van der Waals surface area contributed by atoms with Crippen LogP contribution in [0.15, 0.2) is 18.5 Å². The van der Waals surface area contributed by atoms with Gasteiger partial charge in [-0.25, -0.2) is 9.37 Å². The fourth-order valence-corrected chi connectivity index (χ4v) is 1.97. The van der Waals surface area contributed by atoms with Gasteiger partial charge in [-0.1, -0.05) is 0 Å². The van der Waals surface area contributed by atoms with Gasteiger partial charge < -0.3 is 0 Å². The standard InChI is InChI=1S/C12H9ClFN5/c1-6-7(2)18-19-11(6)16-10(17-12(19)13)8-3-9(14)5-15-4-8/h3-5H,1-2H3. The van der Waals surface area contributed by atoms with Crippen molar-refractivity contribution in [1.82, 2.24) is 24.6 Å². The van der Waals surface area contributed by atoms with Gasteiger partial charge in [0.15, 0.2) is 11.5 Å². The number of fused-ring (bicyclic) bond motifs is 1. The third kappa shape index (κ3) is 1.94. The molecule has 96 valence electrons. The molecular weight excluding hydrogens is 269 g/mol. The fourth-order valence-electron chi connectivity index (χ4n) is 1.78. The van der Waals surface area contributed by atoms with E-state index in [-0.39, 0.29) is 5.28 Å². The summed E-state index contributed by atoms with van der Waals surface area (Å²) in [5, 5.41) is 4.42. The van der Waals surface area contributed by atoms with Crippen LogP contribution in [0.2, 0.25) is 5.28 Å². The van der Waals surface area contributed by atoms with Crippen molar-refractivity contribution in [3.05, 3.63) is 40.8 Å². The van der Waals surface area contributed by atoms with Gasteiger partial charge >= 0.3 is 0 Å². The number of pyridine rings is 1. The minimum Gasteiger partial charge on any atom is -0.261 e. The van der Waals surface area contributed by atoms with Crippen LogP contribution in [0.3, 0.4) is 0 Å². The van der Waals surface area contributed by atoms with Crippen LogP contribution in [0.1, 0.15) is 11.3 Å². The summed E-state index contributed by atoms with van der Waals surface area (Å²) < 4.78 is 14.6. The topological polar surface area (TPSA) is 56.0 Å². The van der Waals surface area contributed by atoms with Crippen LogP contribution in [0.25, 0.3) is 17.0 Å². The molecule has 3 aromatic heterocycles. The van der Waals surface area contributed by atoms with E-state index < -0.39 is 5.82 Å². The van der Waals surface area contributed by atoms with Crippen LogP contribution >= 0.6 is 11.6 Å². The molecule has 0 spiro atoms. The number of hydrogen-bond acceptors (Lipinski definition) is 4. The second-order valence-corrected chi connectivity index (χ2v) is 4.49. The smallest absolute Gasteiger partial charge is 0.227 e. The van der Waals surface area contributed by atoms with Crippen molar-refractivity contribution < 1.29 is 4.39 Å². The van der Waals surface area contributed by atoms with E-state index >= 15 is 0 Å². The van der Waals surface area contributed by atoms with Crippen molar-refractivity contribution >= 4 is 17.2 Å². The molecule has 0 amide bonds. The first-order valence-electron chi connectivity index (χ1n) is 5.56. The molecule has 0 unspecified atom stereocenters. The van der Waals surface area contributed by atoms with Gasteiger partial charge in [0.1, 0.15) is 5.82 Å². The average Bonchev–Trinajstić information content (AvgIpc) is 2.67. The summed E-state index contributed by atoms with van der Waals surface area (Å²) in [6.45, 7) is 3.76. The van der Waals surface area contributed by atoms with Crippen LogP contribution in [-0.4, -0.2) is 24.6 Å². The normalized spacial score (nSPS) is 11.2. The first-order chi connectivity index (χ1) is 9.06. The van der Waals surface area contributed by atoms with Gasteiger partial charge in [0, 0.05) is 17.3 Å². The van der Waals surface area contributed by atoms with E-state index in [1.807, 2.05) is 13.8 Å². The highest BCUT2D eigenvalue weighted by Crippen LogP contribution is 2.21. The first-order valence-corrected chi connectivity index (χ1v) is 5.94. The average molecular weight is 278 g/mol. The Balaban J connectivity index is 2.28. The van der Waals surface area contributed by atoms with Gasteiger partial charge in [0.2, 0.25) is 5.28 Å². The Morgan fingerprint density at radius 1 is 1.21 bits per heavy atom. The van der Waals surface area contributed by atoms with Gasteiger partial charge in [-0.05, 0) is 31.5 Å². The van der Waals surface area contributed by atoms with Crippen molar-refractivity contribution in [2.45, 2.75) is 13.8 Å². The Hall–Kier alpha value is -2.08. The summed E-state index contributed by atoms with van der Waals surface area (Å²) in [4.78, 5) is 12.3. The lowest BCUT2D eigenvalue weighted by Gasteiger charge is -2.02. The molecule has 0 atom stereocenters. The molecule has 0 aromatic carbocycles. The van der Waals surface area contributed by atoms with Gasteiger partial charge in [-0.15, -0.1) is 0 Å². The van der Waals surface area contributed by atoms with Crippen LogP contribution in [0, 0.1) is 19.7 Å². The zero-order valence-corrected chi connectivity index (χ0v) is 11.0. The van der Waals surface area contributed by atoms with E-state index in [4.69, 9.17) is 11.6 Å². The van der Waals surface area contributed by atoms with E-state index in [2.05, 4.69) is 20.1 Å². The molecule has 0 aliphatic rings. The van der Waals surface area contributed by atoms with Crippen LogP contribution in [-0.2, 0) is 0 Å². The molecule has 7 heteroatoms. The largest absolute Gasteiger partial charge is 0.261 e. The van der Waals surface area contributed by atoms with Crippen molar-refractivity contribution in [2.24, 2.45) is 0 Å². The predicted octanol–water partition coefficient (Wildman–Crippen LogP) is 2.60. The Morgan fingerprint density at radius 2 is 2.00 bits per heavy atom. The number of aromatic nitrogens is 5. The minimum absolute atomic E-state index is 0.181. The molecule has 5 nitrogen and oxygen atoms in total. The molecule has 3 aromatic rings. The molecule has 3 heterocycles. The van der Waals surface area contributed by atoms with Gasteiger partial charge in [-0.2, -0.15) is 14.6 Å². The molecule has 0 aliphatic carbocycles. The predicted molar refractivity (Wildman–Crippen MR) is 68.5 cm³/mol. The van der Waals surface area contributed by atoms with Crippen molar-refractivity contribution in [2.75, 3.05) is 0 Å². The monoisotopic (exact) mass is 277 g/mol. The zero-order chi connectivity index (χ0) is 13.6. The molecule has 0 saturated heterocycles. The lowest BCUT2D eigenvalue weighted by atomic mass is 10.2. The number of rotatable bonds is 1. The molecule has 0 fully saturated rings. The summed E-state index contributed by atoms with van der Waals surface area (Å²) in [7, 11) is 0. The Kier molecular flexibility index (Phi) is 2.67. The third-order valence-corrected chi connectivity index (χ3v) is 3.12. The molecule has 0 bridgehead atoms. The maximum absolute atomic E-state index is 13.2. The lowest BCUT2D eigenvalue weighted by molar-refractivity contribution is 0.622. The van der Waals surface area contributed by atoms with Crippen molar-refractivity contribution in [3.63, 3.8) is 0 Å². The maximum atomic E-state index is 13.2. The van der Waals surface area contributed by atoms with Gasteiger partial charge in [-0.3, -0.25) is 4.98 Å². The highest BCUT2D eigenvalue weighted by molar-refractivity contribution is 6.28. The number of hydrogen-bond donors (Lipinski definition) is 0. The van der Waals surface area contributed by atoms with E-state index in [0.717, 1.165) is 17.5 Å².